The summed E-state index contributed by atoms with van der Waals surface area (Å²) in [6.07, 6.45) is 1.63. The van der Waals surface area contributed by atoms with E-state index < -0.39 is 11.4 Å². The summed E-state index contributed by atoms with van der Waals surface area (Å²) in [5.41, 5.74) is 0.896. The molecule has 0 bridgehead atoms. The monoisotopic (exact) mass is 301 g/mol. The number of hydrogen-bond acceptors (Lipinski definition) is 3. The highest BCUT2D eigenvalue weighted by Gasteiger charge is 2.25. The van der Waals surface area contributed by atoms with Gasteiger partial charge in [-0.3, -0.25) is 0 Å². The smallest absolute Gasteiger partial charge is 0.144 e. The number of ether oxygens (including phenoxy) is 1. The fourth-order valence-corrected chi connectivity index (χ4v) is 2.05. The second-order valence-electron chi connectivity index (χ2n) is 5.58. The fraction of sp³-hybridized carbons (Fsp3) is 0.235. The molecule has 2 aromatic rings. The van der Waals surface area contributed by atoms with Crippen LogP contribution in [0.2, 0.25) is 0 Å². The summed E-state index contributed by atoms with van der Waals surface area (Å²) in [6, 6.07) is 17.1. The van der Waals surface area contributed by atoms with E-state index in [4.69, 9.17) is 4.74 Å². The molecule has 0 fully saturated rings. The van der Waals surface area contributed by atoms with Crippen molar-refractivity contribution in [2.24, 2.45) is 4.40 Å². The van der Waals surface area contributed by atoms with Crippen LogP contribution in [-0.2, 0) is 11.4 Å². The third-order valence-corrected chi connectivity index (χ3v) is 4.02. The summed E-state index contributed by atoms with van der Waals surface area (Å²) in [6.45, 7) is 5.70. The predicted molar refractivity (Wildman–Crippen MR) is 88.4 cm³/mol. The van der Waals surface area contributed by atoms with Crippen LogP contribution >= 0.6 is 0 Å². The van der Waals surface area contributed by atoms with E-state index in [1.165, 1.54) is 0 Å². The summed E-state index contributed by atoms with van der Waals surface area (Å²) in [5, 5.41) is 0. The Bertz CT molecular complexity index is 588. The number of rotatable bonds is 4. The minimum absolute atomic E-state index is 0.340. The van der Waals surface area contributed by atoms with Crippen molar-refractivity contribution >= 4 is 17.6 Å². The number of para-hydroxylation sites is 1. The van der Waals surface area contributed by atoms with E-state index in [0.29, 0.717) is 0 Å². The Balaban J connectivity index is 2.01. The first-order valence-electron chi connectivity index (χ1n) is 6.74. The number of hydrogen-bond donors (Lipinski definition) is 0. The lowest BCUT2D eigenvalue weighted by atomic mass is 10.2. The Morgan fingerprint density at radius 2 is 1.52 bits per heavy atom. The zero-order valence-electron chi connectivity index (χ0n) is 12.4. The molecule has 0 amide bonds. The number of nitrogens with zero attached hydrogens (tertiary/aromatic N) is 1. The Morgan fingerprint density at radius 3 is 2.10 bits per heavy atom. The third kappa shape index (κ3) is 4.92. The first-order valence-corrected chi connectivity index (χ1v) is 7.85. The largest absolute Gasteiger partial charge is 0.591 e. The Morgan fingerprint density at radius 1 is 0.952 bits per heavy atom. The van der Waals surface area contributed by atoms with Crippen molar-refractivity contribution in [3.63, 3.8) is 0 Å². The molecule has 2 aromatic carbocycles. The fourth-order valence-electron chi connectivity index (χ4n) is 1.51. The molecule has 0 heterocycles. The van der Waals surface area contributed by atoms with E-state index >= 15 is 0 Å². The van der Waals surface area contributed by atoms with Gasteiger partial charge >= 0.3 is 0 Å². The highest BCUT2D eigenvalue weighted by atomic mass is 32.2. The van der Waals surface area contributed by atoms with Gasteiger partial charge in [0.2, 0.25) is 0 Å². The lowest BCUT2D eigenvalue weighted by Gasteiger charge is -2.17. The van der Waals surface area contributed by atoms with Gasteiger partial charge < -0.3 is 9.29 Å². The van der Waals surface area contributed by atoms with E-state index in [1.807, 2.05) is 75.4 Å². The summed E-state index contributed by atoms with van der Waals surface area (Å²) in [4.78, 5) is 0. The van der Waals surface area contributed by atoms with E-state index in [2.05, 4.69) is 4.40 Å². The van der Waals surface area contributed by atoms with Crippen LogP contribution in [0.1, 0.15) is 26.3 Å². The topological polar surface area (TPSA) is 44.7 Å². The molecular weight excluding hydrogens is 282 g/mol. The standard InChI is InChI=1S/C17H19NO2S/c1-17(2,3)21(19)18-13-14-9-11-16(12-10-14)20-15-7-5-4-6-8-15/h4-13H,1-3H3/b18-13+/t21-/m0/s1. The van der Waals surface area contributed by atoms with Gasteiger partial charge in [0.15, 0.2) is 0 Å². The lowest BCUT2D eigenvalue weighted by Crippen LogP contribution is -2.25. The summed E-state index contributed by atoms with van der Waals surface area (Å²) in [7, 11) is 0. The molecule has 0 aliphatic rings. The molecule has 4 heteroatoms. The van der Waals surface area contributed by atoms with Crippen molar-refractivity contribution in [3.05, 3.63) is 60.2 Å². The van der Waals surface area contributed by atoms with Gasteiger partial charge in [0, 0.05) is 0 Å². The molecule has 110 valence electrons. The zero-order valence-corrected chi connectivity index (χ0v) is 13.3. The van der Waals surface area contributed by atoms with Crippen LogP contribution in [0.5, 0.6) is 11.5 Å². The van der Waals surface area contributed by atoms with E-state index in [0.717, 1.165) is 17.1 Å². The average Bonchev–Trinajstić information content (AvgIpc) is 2.46. The molecule has 0 aliphatic heterocycles. The minimum Gasteiger partial charge on any atom is -0.591 e. The van der Waals surface area contributed by atoms with Crippen LogP contribution < -0.4 is 4.74 Å². The Labute approximate surface area is 129 Å². The van der Waals surface area contributed by atoms with Crippen LogP contribution in [0.3, 0.4) is 0 Å². The van der Waals surface area contributed by atoms with Gasteiger partial charge in [-0.2, -0.15) is 0 Å². The summed E-state index contributed by atoms with van der Waals surface area (Å²) >= 11 is -1.24. The van der Waals surface area contributed by atoms with Crippen LogP contribution in [0, 0.1) is 0 Å². The van der Waals surface area contributed by atoms with Gasteiger partial charge in [-0.05, 0) is 62.7 Å². The maximum atomic E-state index is 11.8. The van der Waals surface area contributed by atoms with E-state index in [-0.39, 0.29) is 4.75 Å². The van der Waals surface area contributed by atoms with Gasteiger partial charge in [0.05, 0.1) is 6.21 Å². The molecule has 2 rings (SSSR count). The Hall–Kier alpha value is -1.78. The van der Waals surface area contributed by atoms with Gasteiger partial charge in [-0.15, -0.1) is 0 Å². The molecule has 0 unspecified atom stereocenters. The van der Waals surface area contributed by atoms with Gasteiger partial charge in [-0.1, -0.05) is 22.6 Å². The van der Waals surface area contributed by atoms with Crippen molar-refractivity contribution in [2.45, 2.75) is 25.5 Å². The highest BCUT2D eigenvalue weighted by Crippen LogP contribution is 2.21. The molecule has 3 nitrogen and oxygen atoms in total. The van der Waals surface area contributed by atoms with Crippen molar-refractivity contribution in [1.29, 1.82) is 0 Å². The van der Waals surface area contributed by atoms with Crippen LogP contribution in [0.15, 0.2) is 59.0 Å². The second kappa shape index (κ2) is 6.78. The van der Waals surface area contributed by atoms with Crippen LogP contribution in [0.4, 0.5) is 0 Å². The normalized spacial score (nSPS) is 13.3. The molecule has 0 radical (unpaired) electrons. The molecule has 0 N–H and O–H groups in total. The predicted octanol–water partition coefficient (Wildman–Crippen LogP) is 4.36. The minimum atomic E-state index is -1.24. The molecule has 1 atom stereocenters. The second-order valence-corrected chi connectivity index (χ2v) is 7.51. The van der Waals surface area contributed by atoms with Crippen molar-refractivity contribution in [3.8, 4) is 11.5 Å². The third-order valence-electron chi connectivity index (χ3n) is 2.68. The van der Waals surface area contributed by atoms with Crippen molar-refractivity contribution < 1.29 is 9.29 Å². The van der Waals surface area contributed by atoms with Gasteiger partial charge in [0.25, 0.3) is 0 Å². The SMILES string of the molecule is CC(C)(C)[S@+]([O-])/N=C/c1ccc(Oc2ccccc2)cc1. The molecule has 0 aromatic heterocycles. The molecule has 0 saturated heterocycles. The van der Waals surface area contributed by atoms with Crippen molar-refractivity contribution in [2.75, 3.05) is 0 Å². The molecule has 0 spiro atoms. The van der Waals surface area contributed by atoms with Crippen molar-refractivity contribution in [1.82, 2.24) is 0 Å². The zero-order chi connectivity index (χ0) is 15.3. The maximum absolute atomic E-state index is 11.8. The quantitative estimate of drug-likeness (QED) is 0.622. The lowest BCUT2D eigenvalue weighted by molar-refractivity contribution is 0.482. The van der Waals surface area contributed by atoms with E-state index in [1.54, 1.807) is 6.21 Å². The summed E-state index contributed by atoms with van der Waals surface area (Å²) in [5.74, 6) is 1.56. The van der Waals surface area contributed by atoms with Gasteiger partial charge in [-0.25, -0.2) is 0 Å². The van der Waals surface area contributed by atoms with Crippen LogP contribution in [0.25, 0.3) is 0 Å². The highest BCUT2D eigenvalue weighted by molar-refractivity contribution is 7.91. The van der Waals surface area contributed by atoms with E-state index in [9.17, 15) is 4.55 Å². The average molecular weight is 301 g/mol. The van der Waals surface area contributed by atoms with Gasteiger partial charge in [0.1, 0.15) is 27.6 Å². The molecule has 21 heavy (non-hydrogen) atoms. The summed E-state index contributed by atoms with van der Waals surface area (Å²) < 4.78 is 21.3. The molecule has 0 aliphatic carbocycles. The maximum Gasteiger partial charge on any atom is 0.144 e. The molecular formula is C17H19NO2S. The molecule has 0 saturated carbocycles. The first-order chi connectivity index (χ1) is 9.95. The van der Waals surface area contributed by atoms with Crippen LogP contribution in [-0.4, -0.2) is 15.5 Å². The first kappa shape index (κ1) is 15.6. The number of benzene rings is 2. The Kier molecular flexibility index (Phi) is 5.04.